The fourth-order valence-electron chi connectivity index (χ4n) is 1.73. The Hall–Kier alpha value is -1.51. The number of ether oxygens (including phenoxy) is 1. The van der Waals surface area contributed by atoms with Crippen molar-refractivity contribution in [2.24, 2.45) is 5.73 Å². The maximum Gasteiger partial charge on any atom is 0.138 e. The van der Waals surface area contributed by atoms with Gasteiger partial charge < -0.3 is 10.5 Å². The van der Waals surface area contributed by atoms with Crippen LogP contribution in [-0.4, -0.2) is 0 Å². The predicted molar refractivity (Wildman–Crippen MR) is 74.9 cm³/mol. The van der Waals surface area contributed by atoms with Gasteiger partial charge in [-0.15, -0.1) is 0 Å². The van der Waals surface area contributed by atoms with E-state index in [-0.39, 0.29) is 0 Å². The molecule has 2 rings (SSSR count). The minimum atomic E-state index is 0.497. The number of aryl methyl sites for hydroxylation is 1. The molecule has 2 nitrogen and oxygen atoms in total. The SMILES string of the molecule is Cc1ccc(OCc2cccc(CN)c2)c(Cl)c1. The zero-order valence-electron chi connectivity index (χ0n) is 10.3. The highest BCUT2D eigenvalue weighted by Crippen LogP contribution is 2.26. The van der Waals surface area contributed by atoms with Crippen molar-refractivity contribution in [1.82, 2.24) is 0 Å². The molecule has 2 N–H and O–H groups in total. The van der Waals surface area contributed by atoms with Gasteiger partial charge in [0, 0.05) is 6.54 Å². The summed E-state index contributed by atoms with van der Waals surface area (Å²) in [5.74, 6) is 0.709. The van der Waals surface area contributed by atoms with Crippen molar-refractivity contribution >= 4 is 11.6 Å². The van der Waals surface area contributed by atoms with E-state index < -0.39 is 0 Å². The van der Waals surface area contributed by atoms with Crippen LogP contribution in [0.4, 0.5) is 0 Å². The van der Waals surface area contributed by atoms with E-state index in [4.69, 9.17) is 22.1 Å². The van der Waals surface area contributed by atoms with Crippen molar-refractivity contribution in [2.45, 2.75) is 20.1 Å². The van der Waals surface area contributed by atoms with E-state index in [1.807, 2.05) is 49.4 Å². The lowest BCUT2D eigenvalue weighted by Gasteiger charge is -2.09. The van der Waals surface area contributed by atoms with Crippen molar-refractivity contribution in [3.8, 4) is 5.75 Å². The average Bonchev–Trinajstić information content (AvgIpc) is 2.38. The Morgan fingerprint density at radius 3 is 2.61 bits per heavy atom. The van der Waals surface area contributed by atoms with Gasteiger partial charge in [-0.1, -0.05) is 41.9 Å². The average molecular weight is 262 g/mol. The lowest BCUT2D eigenvalue weighted by atomic mass is 10.1. The van der Waals surface area contributed by atoms with Crippen LogP contribution in [0.2, 0.25) is 5.02 Å². The summed E-state index contributed by atoms with van der Waals surface area (Å²) in [5.41, 5.74) is 8.92. The van der Waals surface area contributed by atoms with E-state index in [1.54, 1.807) is 0 Å². The highest BCUT2D eigenvalue weighted by Gasteiger charge is 2.02. The summed E-state index contributed by atoms with van der Waals surface area (Å²) < 4.78 is 5.70. The molecule has 0 aliphatic rings. The zero-order valence-corrected chi connectivity index (χ0v) is 11.1. The van der Waals surface area contributed by atoms with Crippen LogP contribution in [-0.2, 0) is 13.2 Å². The molecule has 0 amide bonds. The molecule has 3 heteroatoms. The third kappa shape index (κ3) is 3.25. The molecule has 18 heavy (non-hydrogen) atoms. The molecule has 0 aliphatic heterocycles. The van der Waals surface area contributed by atoms with Crippen LogP contribution in [0.25, 0.3) is 0 Å². The molecule has 0 radical (unpaired) electrons. The molecule has 0 heterocycles. The van der Waals surface area contributed by atoms with Crippen molar-refractivity contribution in [1.29, 1.82) is 0 Å². The highest BCUT2D eigenvalue weighted by molar-refractivity contribution is 6.32. The summed E-state index contributed by atoms with van der Waals surface area (Å²) in [5, 5.41) is 0.643. The lowest BCUT2D eigenvalue weighted by molar-refractivity contribution is 0.306. The molecule has 0 fully saturated rings. The maximum atomic E-state index is 6.11. The molecule has 2 aromatic rings. The van der Waals surface area contributed by atoms with Gasteiger partial charge in [-0.25, -0.2) is 0 Å². The molecule has 0 spiro atoms. The van der Waals surface area contributed by atoms with Crippen LogP contribution in [0.3, 0.4) is 0 Å². The molecular formula is C15H16ClNO. The maximum absolute atomic E-state index is 6.11. The number of benzene rings is 2. The summed E-state index contributed by atoms with van der Waals surface area (Å²) in [6, 6.07) is 13.8. The van der Waals surface area contributed by atoms with Gasteiger partial charge in [-0.2, -0.15) is 0 Å². The number of nitrogens with two attached hydrogens (primary N) is 1. The second-order valence-corrected chi connectivity index (χ2v) is 4.65. The Balaban J connectivity index is 2.06. The topological polar surface area (TPSA) is 35.2 Å². The van der Waals surface area contributed by atoms with Gasteiger partial charge in [0.2, 0.25) is 0 Å². The first kappa shape index (κ1) is 12.9. The van der Waals surface area contributed by atoms with E-state index in [9.17, 15) is 0 Å². The van der Waals surface area contributed by atoms with Crippen LogP contribution in [0.1, 0.15) is 16.7 Å². The van der Waals surface area contributed by atoms with Crippen LogP contribution in [0.5, 0.6) is 5.75 Å². The van der Waals surface area contributed by atoms with Gasteiger partial charge in [-0.3, -0.25) is 0 Å². The van der Waals surface area contributed by atoms with Crippen LogP contribution in [0.15, 0.2) is 42.5 Å². The second-order valence-electron chi connectivity index (χ2n) is 4.25. The van der Waals surface area contributed by atoms with Crippen LogP contribution in [0, 0.1) is 6.92 Å². The molecule has 94 valence electrons. The standard InChI is InChI=1S/C15H16ClNO/c1-11-5-6-15(14(16)7-11)18-10-13-4-2-3-12(8-13)9-17/h2-8H,9-10,17H2,1H3. The zero-order chi connectivity index (χ0) is 13.0. The van der Waals surface area contributed by atoms with E-state index in [2.05, 4.69) is 0 Å². The van der Waals surface area contributed by atoms with Gasteiger partial charge in [0.25, 0.3) is 0 Å². The largest absolute Gasteiger partial charge is 0.487 e. The minimum Gasteiger partial charge on any atom is -0.487 e. The van der Waals surface area contributed by atoms with E-state index in [1.165, 1.54) is 0 Å². The van der Waals surface area contributed by atoms with E-state index >= 15 is 0 Å². The summed E-state index contributed by atoms with van der Waals surface area (Å²) in [7, 11) is 0. The van der Waals surface area contributed by atoms with Crippen LogP contribution < -0.4 is 10.5 Å². The van der Waals surface area contributed by atoms with Crippen molar-refractivity contribution in [3.05, 3.63) is 64.2 Å². The smallest absolute Gasteiger partial charge is 0.138 e. The predicted octanol–water partition coefficient (Wildman–Crippen LogP) is 3.69. The lowest BCUT2D eigenvalue weighted by Crippen LogP contribution is -2.00. The molecular weight excluding hydrogens is 246 g/mol. The number of hydrogen-bond acceptors (Lipinski definition) is 2. The highest BCUT2D eigenvalue weighted by atomic mass is 35.5. The van der Waals surface area contributed by atoms with Gasteiger partial charge >= 0.3 is 0 Å². The second kappa shape index (κ2) is 5.89. The van der Waals surface area contributed by atoms with E-state index in [0.717, 1.165) is 16.7 Å². The Bertz CT molecular complexity index is 540. The molecule has 0 aromatic heterocycles. The first-order valence-electron chi connectivity index (χ1n) is 5.86. The quantitative estimate of drug-likeness (QED) is 0.911. The Morgan fingerprint density at radius 2 is 1.89 bits per heavy atom. The molecule has 0 saturated carbocycles. The Morgan fingerprint density at radius 1 is 1.11 bits per heavy atom. The van der Waals surface area contributed by atoms with Crippen molar-refractivity contribution in [2.75, 3.05) is 0 Å². The fraction of sp³-hybridized carbons (Fsp3) is 0.200. The van der Waals surface area contributed by atoms with Crippen molar-refractivity contribution < 1.29 is 4.74 Å². The third-order valence-corrected chi connectivity index (χ3v) is 3.00. The third-order valence-electron chi connectivity index (χ3n) is 2.71. The molecule has 0 saturated heterocycles. The van der Waals surface area contributed by atoms with Gasteiger partial charge in [0.05, 0.1) is 5.02 Å². The molecule has 0 bridgehead atoms. The first-order valence-corrected chi connectivity index (χ1v) is 6.23. The van der Waals surface area contributed by atoms with Crippen molar-refractivity contribution in [3.63, 3.8) is 0 Å². The van der Waals surface area contributed by atoms with Gasteiger partial charge in [0.15, 0.2) is 0 Å². The summed E-state index contributed by atoms with van der Waals surface area (Å²) in [4.78, 5) is 0. The molecule has 0 atom stereocenters. The Kier molecular flexibility index (Phi) is 4.24. The Labute approximate surface area is 112 Å². The summed E-state index contributed by atoms with van der Waals surface area (Å²) in [6.07, 6.45) is 0. The molecule has 0 aliphatic carbocycles. The summed E-state index contributed by atoms with van der Waals surface area (Å²) >= 11 is 6.11. The number of hydrogen-bond donors (Lipinski definition) is 1. The summed E-state index contributed by atoms with van der Waals surface area (Å²) in [6.45, 7) is 3.04. The fourth-order valence-corrected chi connectivity index (χ4v) is 2.02. The normalized spacial score (nSPS) is 10.4. The molecule has 0 unspecified atom stereocenters. The number of rotatable bonds is 4. The van der Waals surface area contributed by atoms with E-state index in [0.29, 0.717) is 23.9 Å². The van der Waals surface area contributed by atoms with Gasteiger partial charge in [-0.05, 0) is 35.7 Å². The van der Waals surface area contributed by atoms with Crippen LogP contribution >= 0.6 is 11.6 Å². The van der Waals surface area contributed by atoms with Gasteiger partial charge in [0.1, 0.15) is 12.4 Å². The first-order chi connectivity index (χ1) is 8.69. The molecule has 2 aromatic carbocycles. The monoisotopic (exact) mass is 261 g/mol. The minimum absolute atomic E-state index is 0.497. The number of halogens is 1.